The molecular formula is C14H20O3. The predicted octanol–water partition coefficient (Wildman–Crippen LogP) is 3.51. The quantitative estimate of drug-likeness (QED) is 0.822. The maximum absolute atomic E-state index is 11.1. The third-order valence-electron chi connectivity index (χ3n) is 3.06. The van der Waals surface area contributed by atoms with Crippen LogP contribution in [0.1, 0.15) is 42.6 Å². The smallest absolute Gasteiger partial charge is 0.339 e. The average molecular weight is 236 g/mol. The Labute approximate surface area is 102 Å². The van der Waals surface area contributed by atoms with Crippen LogP contribution in [0.4, 0.5) is 0 Å². The fourth-order valence-electron chi connectivity index (χ4n) is 1.74. The zero-order valence-electron chi connectivity index (χ0n) is 10.7. The summed E-state index contributed by atoms with van der Waals surface area (Å²) >= 11 is 0. The number of benzene rings is 1. The van der Waals surface area contributed by atoms with Crippen molar-refractivity contribution in [1.82, 2.24) is 0 Å². The molecule has 0 heterocycles. The molecule has 0 aliphatic heterocycles. The Balaban J connectivity index is 2.85. The van der Waals surface area contributed by atoms with Crippen LogP contribution in [-0.4, -0.2) is 17.7 Å². The van der Waals surface area contributed by atoms with Crippen LogP contribution in [0.5, 0.6) is 5.75 Å². The van der Waals surface area contributed by atoms with Crippen molar-refractivity contribution in [3.63, 3.8) is 0 Å². The number of hydrogen-bond donors (Lipinski definition) is 1. The van der Waals surface area contributed by atoms with Crippen LogP contribution < -0.4 is 4.74 Å². The van der Waals surface area contributed by atoms with Gasteiger partial charge in [-0.15, -0.1) is 0 Å². The first-order chi connectivity index (χ1) is 8.10. The molecule has 1 aromatic carbocycles. The second-order valence-electron chi connectivity index (χ2n) is 4.25. The van der Waals surface area contributed by atoms with Crippen LogP contribution in [-0.2, 0) is 0 Å². The first-order valence-electron chi connectivity index (χ1n) is 6.05. The van der Waals surface area contributed by atoms with Crippen LogP contribution in [0, 0.1) is 12.8 Å². The predicted molar refractivity (Wildman–Crippen MR) is 67.7 cm³/mol. The highest BCUT2D eigenvalue weighted by atomic mass is 16.5. The Morgan fingerprint density at radius 1 is 1.35 bits per heavy atom. The number of ether oxygens (including phenoxy) is 1. The van der Waals surface area contributed by atoms with Crippen molar-refractivity contribution < 1.29 is 14.6 Å². The summed E-state index contributed by atoms with van der Waals surface area (Å²) in [4.78, 5) is 11.1. The van der Waals surface area contributed by atoms with E-state index in [1.807, 2.05) is 13.0 Å². The van der Waals surface area contributed by atoms with Crippen molar-refractivity contribution in [3.05, 3.63) is 29.3 Å². The molecule has 0 aliphatic carbocycles. The van der Waals surface area contributed by atoms with Crippen molar-refractivity contribution in [2.45, 2.75) is 33.6 Å². The normalized spacial score (nSPS) is 10.6. The summed E-state index contributed by atoms with van der Waals surface area (Å²) in [6.07, 6.45) is 2.09. The molecule has 3 heteroatoms. The van der Waals surface area contributed by atoms with Gasteiger partial charge in [0.15, 0.2) is 0 Å². The molecule has 0 bridgehead atoms. The first kappa shape index (κ1) is 13.6. The molecule has 0 saturated heterocycles. The number of aromatic carboxylic acids is 1. The molecule has 0 atom stereocenters. The second-order valence-corrected chi connectivity index (χ2v) is 4.25. The van der Waals surface area contributed by atoms with Gasteiger partial charge in [0.2, 0.25) is 0 Å². The second kappa shape index (κ2) is 6.28. The van der Waals surface area contributed by atoms with Crippen LogP contribution in [0.15, 0.2) is 18.2 Å². The topological polar surface area (TPSA) is 46.5 Å². The minimum atomic E-state index is -0.937. The largest absolute Gasteiger partial charge is 0.492 e. The van der Waals surface area contributed by atoms with Crippen LogP contribution in [0.3, 0.4) is 0 Å². The average Bonchev–Trinajstić information content (AvgIpc) is 2.31. The van der Waals surface area contributed by atoms with Crippen molar-refractivity contribution in [2.24, 2.45) is 5.92 Å². The fourth-order valence-corrected chi connectivity index (χ4v) is 1.74. The van der Waals surface area contributed by atoms with E-state index in [4.69, 9.17) is 9.84 Å². The van der Waals surface area contributed by atoms with Crippen molar-refractivity contribution >= 4 is 5.97 Å². The highest BCUT2D eigenvalue weighted by molar-refractivity contribution is 5.91. The summed E-state index contributed by atoms with van der Waals surface area (Å²) < 4.78 is 5.69. The van der Waals surface area contributed by atoms with Gasteiger partial charge in [-0.1, -0.05) is 38.8 Å². The Bertz CT molecular complexity index is 381. The number of carbonyl (C=O) groups is 1. The van der Waals surface area contributed by atoms with E-state index in [-0.39, 0.29) is 5.56 Å². The SMILES string of the molecule is CCC(CC)COc1c(C)cccc1C(=O)O. The number of para-hydroxylation sites is 1. The Morgan fingerprint density at radius 2 is 2.00 bits per heavy atom. The van der Waals surface area contributed by atoms with Gasteiger partial charge in [-0.2, -0.15) is 0 Å². The minimum Gasteiger partial charge on any atom is -0.492 e. The van der Waals surface area contributed by atoms with Crippen molar-refractivity contribution in [1.29, 1.82) is 0 Å². The Kier molecular flexibility index (Phi) is 5.01. The highest BCUT2D eigenvalue weighted by Gasteiger charge is 2.14. The van der Waals surface area contributed by atoms with Crippen LogP contribution >= 0.6 is 0 Å². The van der Waals surface area contributed by atoms with E-state index >= 15 is 0 Å². The van der Waals surface area contributed by atoms with E-state index in [9.17, 15) is 4.79 Å². The van der Waals surface area contributed by atoms with Gasteiger partial charge in [-0.05, 0) is 24.5 Å². The lowest BCUT2D eigenvalue weighted by Gasteiger charge is -2.16. The zero-order chi connectivity index (χ0) is 12.8. The van der Waals surface area contributed by atoms with E-state index in [2.05, 4.69) is 13.8 Å². The zero-order valence-corrected chi connectivity index (χ0v) is 10.7. The molecule has 94 valence electrons. The van der Waals surface area contributed by atoms with Crippen molar-refractivity contribution in [3.8, 4) is 5.75 Å². The molecule has 1 rings (SSSR count). The van der Waals surface area contributed by atoms with E-state index in [0.29, 0.717) is 18.3 Å². The molecule has 1 N–H and O–H groups in total. The van der Waals surface area contributed by atoms with E-state index in [1.54, 1.807) is 12.1 Å². The van der Waals surface area contributed by atoms with Crippen LogP contribution in [0.2, 0.25) is 0 Å². The fraction of sp³-hybridized carbons (Fsp3) is 0.500. The van der Waals surface area contributed by atoms with Gasteiger partial charge in [-0.25, -0.2) is 4.79 Å². The lowest BCUT2D eigenvalue weighted by Crippen LogP contribution is -2.13. The van der Waals surface area contributed by atoms with Crippen molar-refractivity contribution in [2.75, 3.05) is 6.61 Å². The maximum Gasteiger partial charge on any atom is 0.339 e. The molecular weight excluding hydrogens is 216 g/mol. The molecule has 0 radical (unpaired) electrons. The first-order valence-corrected chi connectivity index (χ1v) is 6.05. The van der Waals surface area contributed by atoms with Gasteiger partial charge >= 0.3 is 5.97 Å². The van der Waals surface area contributed by atoms with E-state index < -0.39 is 5.97 Å². The highest BCUT2D eigenvalue weighted by Crippen LogP contribution is 2.24. The molecule has 0 aromatic heterocycles. The number of carboxylic acids is 1. The minimum absolute atomic E-state index is 0.246. The van der Waals surface area contributed by atoms with Gasteiger partial charge in [0, 0.05) is 0 Å². The number of carboxylic acid groups (broad SMARTS) is 1. The third-order valence-corrected chi connectivity index (χ3v) is 3.06. The number of hydrogen-bond acceptors (Lipinski definition) is 2. The molecule has 17 heavy (non-hydrogen) atoms. The van der Waals surface area contributed by atoms with Crippen LogP contribution in [0.25, 0.3) is 0 Å². The molecule has 1 aromatic rings. The van der Waals surface area contributed by atoms with Gasteiger partial charge in [-0.3, -0.25) is 0 Å². The maximum atomic E-state index is 11.1. The van der Waals surface area contributed by atoms with E-state index in [0.717, 1.165) is 18.4 Å². The molecule has 0 amide bonds. The number of aryl methyl sites for hydroxylation is 1. The summed E-state index contributed by atoms with van der Waals surface area (Å²) in [6.45, 7) is 6.69. The molecule has 0 fully saturated rings. The van der Waals surface area contributed by atoms with Gasteiger partial charge in [0.05, 0.1) is 6.61 Å². The molecule has 0 aliphatic rings. The monoisotopic (exact) mass is 236 g/mol. The van der Waals surface area contributed by atoms with Gasteiger partial charge < -0.3 is 9.84 Å². The summed E-state index contributed by atoms with van der Waals surface area (Å²) in [5, 5.41) is 9.09. The summed E-state index contributed by atoms with van der Waals surface area (Å²) in [6, 6.07) is 5.19. The number of rotatable bonds is 6. The summed E-state index contributed by atoms with van der Waals surface area (Å²) in [7, 11) is 0. The molecule has 0 unspecified atom stereocenters. The van der Waals surface area contributed by atoms with E-state index in [1.165, 1.54) is 0 Å². The standard InChI is InChI=1S/C14H20O3/c1-4-11(5-2)9-17-13-10(3)7-6-8-12(13)14(15)16/h6-8,11H,4-5,9H2,1-3H3,(H,15,16). The lowest BCUT2D eigenvalue weighted by atomic mass is 10.0. The molecule has 0 spiro atoms. The molecule has 3 nitrogen and oxygen atoms in total. The Hall–Kier alpha value is -1.51. The Morgan fingerprint density at radius 3 is 2.53 bits per heavy atom. The molecule has 0 saturated carbocycles. The van der Waals surface area contributed by atoms with Gasteiger partial charge in [0.25, 0.3) is 0 Å². The summed E-state index contributed by atoms with van der Waals surface area (Å²) in [5.74, 6) is 0.0522. The lowest BCUT2D eigenvalue weighted by molar-refractivity contribution is 0.0691. The van der Waals surface area contributed by atoms with Gasteiger partial charge in [0.1, 0.15) is 11.3 Å². The third kappa shape index (κ3) is 3.48. The summed E-state index contributed by atoms with van der Waals surface area (Å²) in [5.41, 5.74) is 1.12.